The lowest BCUT2D eigenvalue weighted by Gasteiger charge is -2.32. The number of carboxylic acid groups (broad SMARTS) is 1. The molecule has 0 spiro atoms. The number of nitrogens with one attached hydrogen (secondary N) is 1. The summed E-state index contributed by atoms with van der Waals surface area (Å²) in [7, 11) is 0. The van der Waals surface area contributed by atoms with Gasteiger partial charge in [-0.3, -0.25) is 9.69 Å². The number of fused-ring (bicyclic) bond motifs is 1. The number of carboxylic acids is 1. The molecule has 1 atom stereocenters. The number of para-hydroxylation sites is 1. The average Bonchev–Trinajstić information content (AvgIpc) is 3.03. The molecule has 3 aromatic rings. The summed E-state index contributed by atoms with van der Waals surface area (Å²) in [6, 6.07) is 17.1. The number of aromatic amines is 1. The second kappa shape index (κ2) is 6.70. The molecule has 2 aromatic carbocycles. The van der Waals surface area contributed by atoms with Crippen molar-refractivity contribution in [1.82, 2.24) is 9.88 Å². The van der Waals surface area contributed by atoms with Gasteiger partial charge in [0.1, 0.15) is 6.04 Å². The molecule has 5 nitrogen and oxygen atoms in total. The Hall–Kier alpha value is -2.63. The van der Waals surface area contributed by atoms with E-state index in [1.807, 2.05) is 59.5 Å². The Bertz CT molecular complexity index is 882. The van der Waals surface area contributed by atoms with Gasteiger partial charge in [0.2, 0.25) is 0 Å². The number of hydrogen-bond donors (Lipinski definition) is 2. The van der Waals surface area contributed by atoms with E-state index in [0.29, 0.717) is 26.3 Å². The Morgan fingerprint density at radius 1 is 1.04 bits per heavy atom. The van der Waals surface area contributed by atoms with Crippen LogP contribution in [0.2, 0.25) is 0 Å². The quantitative estimate of drug-likeness (QED) is 0.767. The first-order valence-electron chi connectivity index (χ1n) is 8.46. The molecule has 25 heavy (non-hydrogen) atoms. The van der Waals surface area contributed by atoms with Crippen molar-refractivity contribution < 1.29 is 14.6 Å². The average molecular weight is 336 g/mol. The summed E-state index contributed by atoms with van der Waals surface area (Å²) in [6.45, 7) is 2.36. The van der Waals surface area contributed by atoms with Crippen LogP contribution >= 0.6 is 0 Å². The molecule has 0 radical (unpaired) electrons. The van der Waals surface area contributed by atoms with Crippen LogP contribution in [0.25, 0.3) is 22.2 Å². The van der Waals surface area contributed by atoms with E-state index >= 15 is 0 Å². The van der Waals surface area contributed by atoms with Crippen molar-refractivity contribution in [3.63, 3.8) is 0 Å². The highest BCUT2D eigenvalue weighted by Crippen LogP contribution is 2.37. The van der Waals surface area contributed by atoms with Gasteiger partial charge in [0, 0.05) is 29.6 Å². The van der Waals surface area contributed by atoms with Gasteiger partial charge in [-0.1, -0.05) is 48.5 Å². The molecule has 1 aliphatic rings. The first kappa shape index (κ1) is 15.9. The minimum absolute atomic E-state index is 0.562. The van der Waals surface area contributed by atoms with E-state index in [2.05, 4.69) is 4.98 Å². The van der Waals surface area contributed by atoms with Crippen molar-refractivity contribution in [3.8, 4) is 11.3 Å². The highest BCUT2D eigenvalue weighted by Gasteiger charge is 2.33. The number of nitrogens with zero attached hydrogens (tertiary/aromatic N) is 1. The molecule has 1 fully saturated rings. The molecule has 0 saturated carbocycles. The van der Waals surface area contributed by atoms with Crippen LogP contribution in [0.15, 0.2) is 54.6 Å². The monoisotopic (exact) mass is 336 g/mol. The molecule has 128 valence electrons. The van der Waals surface area contributed by atoms with Crippen LogP contribution in [0.5, 0.6) is 0 Å². The van der Waals surface area contributed by atoms with E-state index in [1.165, 1.54) is 0 Å². The summed E-state index contributed by atoms with van der Waals surface area (Å²) >= 11 is 0. The fraction of sp³-hybridized carbons (Fsp3) is 0.250. The summed E-state index contributed by atoms with van der Waals surface area (Å²) in [6.07, 6.45) is 0. The van der Waals surface area contributed by atoms with Gasteiger partial charge in [-0.05, 0) is 11.6 Å². The molecule has 2 N–H and O–H groups in total. The van der Waals surface area contributed by atoms with Crippen molar-refractivity contribution in [2.24, 2.45) is 0 Å². The number of aromatic nitrogens is 1. The number of aliphatic carboxylic acids is 1. The Labute approximate surface area is 145 Å². The zero-order valence-corrected chi connectivity index (χ0v) is 13.8. The van der Waals surface area contributed by atoms with Gasteiger partial charge < -0.3 is 14.8 Å². The molecule has 1 aromatic heterocycles. The van der Waals surface area contributed by atoms with Crippen molar-refractivity contribution in [2.45, 2.75) is 6.04 Å². The Morgan fingerprint density at radius 2 is 1.72 bits per heavy atom. The number of H-pyrrole nitrogens is 1. The zero-order valence-electron chi connectivity index (χ0n) is 13.8. The van der Waals surface area contributed by atoms with Gasteiger partial charge >= 0.3 is 5.97 Å². The molecule has 0 aliphatic carbocycles. The number of rotatable bonds is 4. The lowest BCUT2D eigenvalue weighted by atomic mass is 9.97. The predicted molar refractivity (Wildman–Crippen MR) is 96.5 cm³/mol. The summed E-state index contributed by atoms with van der Waals surface area (Å²) < 4.78 is 5.41. The lowest BCUT2D eigenvalue weighted by molar-refractivity contribution is -0.145. The number of morpholine rings is 1. The standard InChI is InChI=1S/C20H20N2O3/c23-20(24)19(22-10-12-25-13-11-22)17-15-8-4-5-9-16(15)21-18(17)14-6-2-1-3-7-14/h1-9,19,21H,10-13H2,(H,23,24)/t19-/m0/s1. The largest absolute Gasteiger partial charge is 0.480 e. The molecule has 0 amide bonds. The van der Waals surface area contributed by atoms with Crippen LogP contribution in [-0.4, -0.2) is 47.3 Å². The van der Waals surface area contributed by atoms with Crippen molar-refractivity contribution in [2.75, 3.05) is 26.3 Å². The zero-order chi connectivity index (χ0) is 17.2. The first-order chi connectivity index (χ1) is 12.3. The molecule has 1 aliphatic heterocycles. The van der Waals surface area contributed by atoms with Gasteiger partial charge in [-0.15, -0.1) is 0 Å². The maximum Gasteiger partial charge on any atom is 0.325 e. The molecule has 1 saturated heterocycles. The molecule has 5 heteroatoms. The second-order valence-corrected chi connectivity index (χ2v) is 6.21. The van der Waals surface area contributed by atoms with E-state index in [9.17, 15) is 9.90 Å². The highest BCUT2D eigenvalue weighted by atomic mass is 16.5. The van der Waals surface area contributed by atoms with Crippen LogP contribution in [-0.2, 0) is 9.53 Å². The van der Waals surface area contributed by atoms with E-state index in [4.69, 9.17) is 4.74 Å². The van der Waals surface area contributed by atoms with Gasteiger partial charge in [-0.25, -0.2) is 0 Å². The molecular weight excluding hydrogens is 316 g/mol. The lowest BCUT2D eigenvalue weighted by Crippen LogP contribution is -2.42. The Morgan fingerprint density at radius 3 is 2.44 bits per heavy atom. The number of hydrogen-bond acceptors (Lipinski definition) is 3. The molecule has 4 rings (SSSR count). The van der Waals surface area contributed by atoms with Crippen molar-refractivity contribution in [3.05, 3.63) is 60.2 Å². The maximum atomic E-state index is 12.2. The van der Waals surface area contributed by atoms with E-state index in [-0.39, 0.29) is 0 Å². The SMILES string of the molecule is O=C(O)[C@H](c1c(-c2ccccc2)[nH]c2ccccc12)N1CCOCC1. The Kier molecular flexibility index (Phi) is 4.26. The van der Waals surface area contributed by atoms with E-state index < -0.39 is 12.0 Å². The number of benzene rings is 2. The minimum atomic E-state index is -0.830. The summed E-state index contributed by atoms with van der Waals surface area (Å²) in [4.78, 5) is 17.7. The molecular formula is C20H20N2O3. The van der Waals surface area contributed by atoms with Crippen LogP contribution in [0.1, 0.15) is 11.6 Å². The number of ether oxygens (including phenoxy) is 1. The van der Waals surface area contributed by atoms with E-state index in [1.54, 1.807) is 0 Å². The van der Waals surface area contributed by atoms with Crippen LogP contribution in [0.3, 0.4) is 0 Å². The smallest absolute Gasteiger partial charge is 0.325 e. The third-order valence-corrected chi connectivity index (χ3v) is 4.73. The third kappa shape index (κ3) is 2.92. The highest BCUT2D eigenvalue weighted by molar-refractivity contribution is 5.95. The second-order valence-electron chi connectivity index (χ2n) is 6.21. The van der Waals surface area contributed by atoms with Crippen LogP contribution in [0.4, 0.5) is 0 Å². The van der Waals surface area contributed by atoms with Gasteiger partial charge in [0.15, 0.2) is 0 Å². The Balaban J connectivity index is 1.93. The van der Waals surface area contributed by atoms with Gasteiger partial charge in [0.25, 0.3) is 0 Å². The minimum Gasteiger partial charge on any atom is -0.480 e. The van der Waals surface area contributed by atoms with Crippen molar-refractivity contribution in [1.29, 1.82) is 0 Å². The summed E-state index contributed by atoms with van der Waals surface area (Å²) in [5.74, 6) is -0.830. The fourth-order valence-electron chi connectivity index (χ4n) is 3.58. The predicted octanol–water partition coefficient (Wildman–Crippen LogP) is 3.29. The molecule has 2 heterocycles. The van der Waals surface area contributed by atoms with Crippen LogP contribution < -0.4 is 0 Å². The maximum absolute atomic E-state index is 12.2. The van der Waals surface area contributed by atoms with Crippen LogP contribution in [0, 0.1) is 0 Å². The summed E-state index contributed by atoms with van der Waals surface area (Å²) in [5, 5.41) is 11.0. The topological polar surface area (TPSA) is 65.6 Å². The normalized spacial score (nSPS) is 16.8. The first-order valence-corrected chi connectivity index (χ1v) is 8.46. The molecule has 0 unspecified atom stereocenters. The third-order valence-electron chi connectivity index (χ3n) is 4.73. The summed E-state index contributed by atoms with van der Waals surface area (Å²) in [5.41, 5.74) is 3.65. The van der Waals surface area contributed by atoms with Gasteiger partial charge in [0.05, 0.1) is 18.9 Å². The molecule has 0 bridgehead atoms. The van der Waals surface area contributed by atoms with Crippen molar-refractivity contribution >= 4 is 16.9 Å². The van der Waals surface area contributed by atoms with Gasteiger partial charge in [-0.2, -0.15) is 0 Å². The van der Waals surface area contributed by atoms with E-state index in [0.717, 1.165) is 27.7 Å². The number of carbonyl (C=O) groups is 1. The fourth-order valence-corrected chi connectivity index (χ4v) is 3.58.